The number of unbranched alkanes of at least 4 members (excludes halogenated alkanes) is 18. The lowest BCUT2D eigenvalue weighted by Crippen LogP contribution is -2.28. The predicted octanol–water partition coefficient (Wildman–Crippen LogP) is 10.8. The van der Waals surface area contributed by atoms with Gasteiger partial charge in [0.25, 0.3) is 11.9 Å². The van der Waals surface area contributed by atoms with Crippen LogP contribution in [0.3, 0.4) is 0 Å². The topological polar surface area (TPSA) is 114 Å². The number of hydrogen-bond acceptors (Lipinski definition) is 9. The second kappa shape index (κ2) is 32.1. The summed E-state index contributed by atoms with van der Waals surface area (Å²) in [6, 6.07) is 6.05. The van der Waals surface area contributed by atoms with Gasteiger partial charge in [-0.25, -0.2) is 0 Å². The fourth-order valence-electron chi connectivity index (χ4n) is 5.36. The number of rotatable bonds is 34. The number of nitro groups is 1. The first-order valence-electron chi connectivity index (χ1n) is 18.9. The smallest absolute Gasteiger partial charge is 0.311 e. The Hall–Kier alpha value is -2.17. The molecule has 1 aromatic carbocycles. The molecule has 0 heterocycles. The molecule has 0 aliphatic rings. The zero-order chi connectivity index (χ0) is 34.9. The fraction of sp³-hybridized carbons (Fsp3) is 0.789. The zero-order valence-corrected chi connectivity index (χ0v) is 30.9. The molecule has 0 aromatic heterocycles. The van der Waals surface area contributed by atoms with Crippen LogP contribution in [0.15, 0.2) is 29.2 Å². The average Bonchev–Trinajstić information content (AvgIpc) is 3.06. The normalized spacial score (nSPS) is 11.8. The van der Waals surface area contributed by atoms with Crippen LogP contribution in [0, 0.1) is 10.1 Å². The first-order valence-corrected chi connectivity index (χ1v) is 19.7. The first kappa shape index (κ1) is 43.9. The van der Waals surface area contributed by atoms with Gasteiger partial charge in [-0.1, -0.05) is 129 Å². The largest absolute Gasteiger partial charge is 0.463 e. The second-order valence-corrected chi connectivity index (χ2v) is 13.7. The molecular weight excluding hydrogens is 630 g/mol. The number of carbonyl (C=O) groups is 2. The Morgan fingerprint density at radius 3 is 1.65 bits per heavy atom. The SMILES string of the molecule is CCCCCCCCCCCCOCC(COC(=O)CCCC(=O)Oc1ccc(S[N+](=O)[O-])cc1)OCCCCCCCCCCCC. The minimum absolute atomic E-state index is 0.0567. The van der Waals surface area contributed by atoms with Crippen LogP contribution in [-0.2, 0) is 23.8 Å². The van der Waals surface area contributed by atoms with Crippen molar-refractivity contribution >= 4 is 23.9 Å². The van der Waals surface area contributed by atoms with Crippen LogP contribution >= 0.6 is 11.9 Å². The molecule has 1 aromatic rings. The highest BCUT2D eigenvalue weighted by Crippen LogP contribution is 2.22. The van der Waals surface area contributed by atoms with E-state index in [1.54, 1.807) is 0 Å². The number of carbonyl (C=O) groups excluding carboxylic acids is 2. The van der Waals surface area contributed by atoms with E-state index in [9.17, 15) is 19.7 Å². The van der Waals surface area contributed by atoms with Gasteiger partial charge in [-0.2, -0.15) is 0 Å². The lowest BCUT2D eigenvalue weighted by molar-refractivity contribution is -0.284. The molecule has 0 aliphatic carbocycles. The van der Waals surface area contributed by atoms with Crippen LogP contribution < -0.4 is 4.74 Å². The van der Waals surface area contributed by atoms with Crippen molar-refractivity contribution in [2.75, 3.05) is 26.4 Å². The monoisotopic (exact) mass is 695 g/mol. The molecule has 0 N–H and O–H groups in total. The molecule has 0 fully saturated rings. The van der Waals surface area contributed by atoms with E-state index in [2.05, 4.69) is 13.8 Å². The van der Waals surface area contributed by atoms with Crippen molar-refractivity contribution in [2.45, 2.75) is 173 Å². The molecule has 1 atom stereocenters. The van der Waals surface area contributed by atoms with Gasteiger partial charge in [0, 0.05) is 26.1 Å². The summed E-state index contributed by atoms with van der Waals surface area (Å²) in [5, 5.41) is 10.6. The Morgan fingerprint density at radius 2 is 1.12 bits per heavy atom. The van der Waals surface area contributed by atoms with Gasteiger partial charge in [0.2, 0.25) is 0 Å². The van der Waals surface area contributed by atoms with E-state index < -0.39 is 10.3 Å². The number of benzene rings is 1. The lowest BCUT2D eigenvalue weighted by atomic mass is 10.1. The van der Waals surface area contributed by atoms with Gasteiger partial charge in [0.1, 0.15) is 22.8 Å². The summed E-state index contributed by atoms with van der Waals surface area (Å²) in [4.78, 5) is 35.6. The summed E-state index contributed by atoms with van der Waals surface area (Å²) in [5.41, 5.74) is 0. The van der Waals surface area contributed by atoms with Crippen molar-refractivity contribution in [1.82, 2.24) is 0 Å². The molecule has 0 bridgehead atoms. The van der Waals surface area contributed by atoms with E-state index in [1.807, 2.05) is 0 Å². The van der Waals surface area contributed by atoms with Crippen LogP contribution in [-0.4, -0.2) is 48.8 Å². The Kier molecular flexibility index (Phi) is 29.3. The van der Waals surface area contributed by atoms with Gasteiger partial charge >= 0.3 is 11.9 Å². The molecule has 0 saturated carbocycles. The standard InChI is InChI=1S/C38H65NO8S/c1-3-5-7-9-11-13-15-17-19-21-30-44-32-35(45-31-22-20-18-16-14-12-10-8-6-4-2)33-46-37(40)24-23-25-38(41)47-34-26-28-36(29-27-34)48-39(42)43/h26-29,35H,3-25,30-33H2,1-2H3. The number of esters is 2. The van der Waals surface area contributed by atoms with Crippen molar-refractivity contribution in [3.8, 4) is 5.75 Å². The minimum Gasteiger partial charge on any atom is -0.463 e. The summed E-state index contributed by atoms with van der Waals surface area (Å²) in [5.74, 6) is -0.558. The van der Waals surface area contributed by atoms with Crippen molar-refractivity contribution in [2.24, 2.45) is 0 Å². The van der Waals surface area contributed by atoms with Gasteiger partial charge in [-0.15, -0.1) is 0 Å². The summed E-state index contributed by atoms with van der Waals surface area (Å²) in [7, 11) is 0. The van der Waals surface area contributed by atoms with E-state index in [4.69, 9.17) is 18.9 Å². The summed E-state index contributed by atoms with van der Waals surface area (Å²) in [6.45, 7) is 6.33. The highest BCUT2D eigenvalue weighted by atomic mass is 32.2. The van der Waals surface area contributed by atoms with Crippen molar-refractivity contribution < 1.29 is 32.9 Å². The quantitative estimate of drug-likeness (QED) is 0.0173. The van der Waals surface area contributed by atoms with Gasteiger partial charge in [-0.3, -0.25) is 19.7 Å². The Bertz CT molecular complexity index is 930. The summed E-state index contributed by atoms with van der Waals surface area (Å²) >= 11 is 0.486. The maximum absolute atomic E-state index is 12.4. The van der Waals surface area contributed by atoms with E-state index >= 15 is 0 Å². The molecule has 0 spiro atoms. The molecule has 10 heteroatoms. The molecule has 0 radical (unpaired) electrons. The first-order chi connectivity index (χ1) is 23.4. The number of nitrogens with zero attached hydrogens (tertiary/aromatic N) is 1. The van der Waals surface area contributed by atoms with Crippen LogP contribution in [0.5, 0.6) is 5.75 Å². The van der Waals surface area contributed by atoms with Crippen molar-refractivity contribution in [3.05, 3.63) is 34.4 Å². The molecule has 0 amide bonds. The third-order valence-corrected chi connectivity index (χ3v) is 8.86. The molecule has 0 saturated heterocycles. The second-order valence-electron chi connectivity index (χ2n) is 12.7. The molecule has 276 valence electrons. The Morgan fingerprint density at radius 1 is 0.646 bits per heavy atom. The maximum Gasteiger partial charge on any atom is 0.311 e. The van der Waals surface area contributed by atoms with Gasteiger partial charge < -0.3 is 18.9 Å². The molecule has 1 rings (SSSR count). The minimum atomic E-state index is -0.500. The fourth-order valence-corrected chi connectivity index (χ4v) is 5.79. The molecule has 48 heavy (non-hydrogen) atoms. The molecule has 9 nitrogen and oxygen atoms in total. The number of hydrogen-bond donors (Lipinski definition) is 0. The third kappa shape index (κ3) is 27.7. The predicted molar refractivity (Wildman–Crippen MR) is 194 cm³/mol. The van der Waals surface area contributed by atoms with Crippen molar-refractivity contribution in [1.29, 1.82) is 0 Å². The zero-order valence-electron chi connectivity index (χ0n) is 30.1. The van der Waals surface area contributed by atoms with E-state index in [0.717, 1.165) is 19.3 Å². The van der Waals surface area contributed by atoms with Crippen LogP contribution in [0.25, 0.3) is 0 Å². The van der Waals surface area contributed by atoms with E-state index in [1.165, 1.54) is 133 Å². The van der Waals surface area contributed by atoms with Crippen LogP contribution in [0.4, 0.5) is 0 Å². The summed E-state index contributed by atoms with van der Waals surface area (Å²) in [6.07, 6.45) is 25.5. The highest BCUT2D eigenvalue weighted by molar-refractivity contribution is 7.93. The highest BCUT2D eigenvalue weighted by Gasteiger charge is 2.15. The number of ether oxygens (including phenoxy) is 4. The summed E-state index contributed by atoms with van der Waals surface area (Å²) < 4.78 is 22.3. The average molecular weight is 696 g/mol. The Labute approximate surface area is 295 Å². The van der Waals surface area contributed by atoms with E-state index in [0.29, 0.717) is 48.8 Å². The van der Waals surface area contributed by atoms with Crippen LogP contribution in [0.1, 0.15) is 162 Å². The molecule has 0 aliphatic heterocycles. The van der Waals surface area contributed by atoms with Gasteiger partial charge in [0.15, 0.2) is 0 Å². The molecule has 1 unspecified atom stereocenters. The van der Waals surface area contributed by atoms with Gasteiger partial charge in [0.05, 0.1) is 11.5 Å². The van der Waals surface area contributed by atoms with Crippen molar-refractivity contribution in [3.63, 3.8) is 0 Å². The van der Waals surface area contributed by atoms with E-state index in [-0.39, 0.29) is 31.5 Å². The maximum atomic E-state index is 12.4. The molecular formula is C38H65NO8S. The van der Waals surface area contributed by atoms with Gasteiger partial charge in [-0.05, 0) is 43.5 Å². The Balaban J connectivity index is 2.29. The van der Waals surface area contributed by atoms with Crippen LogP contribution in [0.2, 0.25) is 0 Å². The third-order valence-electron chi connectivity index (χ3n) is 8.22. The lowest BCUT2D eigenvalue weighted by Gasteiger charge is -2.18.